The number of piperidine rings is 1. The number of likely N-dealkylation sites (tertiary alicyclic amines) is 1. The molecule has 4 rings (SSSR count). The van der Waals surface area contributed by atoms with Crippen LogP contribution < -0.4 is 10.3 Å². The van der Waals surface area contributed by atoms with E-state index in [-0.39, 0.29) is 17.5 Å². The summed E-state index contributed by atoms with van der Waals surface area (Å²) < 4.78 is 6.78. The van der Waals surface area contributed by atoms with Gasteiger partial charge in [0.2, 0.25) is 0 Å². The van der Waals surface area contributed by atoms with Crippen LogP contribution in [0.1, 0.15) is 53.7 Å². The van der Waals surface area contributed by atoms with Crippen LogP contribution in [0.25, 0.3) is 0 Å². The number of methoxy groups -OCH3 is 1. The molecule has 0 unspecified atom stereocenters. The topological polar surface area (TPSA) is 64.4 Å². The highest BCUT2D eigenvalue weighted by Crippen LogP contribution is 2.38. The molecule has 0 atom stereocenters. The Morgan fingerprint density at radius 2 is 1.73 bits per heavy atom. The third kappa shape index (κ3) is 3.36. The quantitative estimate of drug-likeness (QED) is 0.847. The first-order valence-corrected chi connectivity index (χ1v) is 9.19. The molecule has 1 saturated carbocycles. The normalized spacial score (nSPS) is 18.0. The predicted octanol–water partition coefficient (Wildman–Crippen LogP) is 2.61. The van der Waals surface area contributed by atoms with Gasteiger partial charge in [-0.2, -0.15) is 5.10 Å². The lowest BCUT2D eigenvalue weighted by Crippen LogP contribution is -2.41. The molecular weight excluding hydrogens is 330 g/mol. The Morgan fingerprint density at radius 3 is 2.35 bits per heavy atom. The second-order valence-electron chi connectivity index (χ2n) is 7.07. The Balaban J connectivity index is 1.43. The van der Waals surface area contributed by atoms with Crippen molar-refractivity contribution in [1.29, 1.82) is 0 Å². The highest BCUT2D eigenvalue weighted by atomic mass is 16.5. The zero-order valence-electron chi connectivity index (χ0n) is 14.9. The molecule has 1 aliphatic carbocycles. The van der Waals surface area contributed by atoms with Crippen molar-refractivity contribution in [2.75, 3.05) is 20.2 Å². The first-order valence-electron chi connectivity index (χ1n) is 9.19. The van der Waals surface area contributed by atoms with Gasteiger partial charge in [0.25, 0.3) is 11.5 Å². The predicted molar refractivity (Wildman–Crippen MR) is 97.6 cm³/mol. The van der Waals surface area contributed by atoms with E-state index in [9.17, 15) is 9.59 Å². The van der Waals surface area contributed by atoms with Crippen LogP contribution in [0, 0.1) is 0 Å². The molecule has 2 aromatic rings. The Hall–Kier alpha value is -2.63. The van der Waals surface area contributed by atoms with Gasteiger partial charge in [0.15, 0.2) is 0 Å². The Kier molecular flexibility index (Phi) is 4.49. The highest BCUT2D eigenvalue weighted by molar-refractivity contribution is 5.94. The van der Waals surface area contributed by atoms with Crippen LogP contribution in [0.5, 0.6) is 5.75 Å². The van der Waals surface area contributed by atoms with E-state index in [1.54, 1.807) is 42.1 Å². The molecular formula is C20H23N3O3. The summed E-state index contributed by atoms with van der Waals surface area (Å²) in [4.78, 5) is 26.7. The van der Waals surface area contributed by atoms with Gasteiger partial charge in [-0.1, -0.05) is 0 Å². The van der Waals surface area contributed by atoms with Crippen LogP contribution in [0.3, 0.4) is 0 Å². The summed E-state index contributed by atoms with van der Waals surface area (Å²) in [5, 5.41) is 4.59. The molecule has 0 N–H and O–H groups in total. The summed E-state index contributed by atoms with van der Waals surface area (Å²) in [6, 6.07) is 10.7. The fourth-order valence-electron chi connectivity index (χ4n) is 3.53. The maximum absolute atomic E-state index is 12.7. The van der Waals surface area contributed by atoms with Crippen LogP contribution in [0.15, 0.2) is 41.2 Å². The van der Waals surface area contributed by atoms with Crippen LogP contribution in [-0.4, -0.2) is 40.8 Å². The van der Waals surface area contributed by atoms with Crippen molar-refractivity contribution < 1.29 is 9.53 Å². The molecule has 0 bridgehead atoms. The lowest BCUT2D eigenvalue weighted by Gasteiger charge is -2.32. The van der Waals surface area contributed by atoms with Gasteiger partial charge < -0.3 is 9.64 Å². The largest absolute Gasteiger partial charge is 0.497 e. The van der Waals surface area contributed by atoms with E-state index in [1.165, 1.54) is 12.8 Å². The molecule has 2 heterocycles. The van der Waals surface area contributed by atoms with E-state index in [0.29, 0.717) is 24.6 Å². The van der Waals surface area contributed by atoms with Gasteiger partial charge in [-0.25, -0.2) is 4.68 Å². The molecule has 1 amide bonds. The van der Waals surface area contributed by atoms with Crippen molar-refractivity contribution in [2.45, 2.75) is 37.6 Å². The van der Waals surface area contributed by atoms with Gasteiger partial charge in [-0.3, -0.25) is 9.59 Å². The van der Waals surface area contributed by atoms with E-state index in [4.69, 9.17) is 4.74 Å². The zero-order chi connectivity index (χ0) is 18.1. The number of carbonyl (C=O) groups is 1. The average Bonchev–Trinajstić information content (AvgIpc) is 3.53. The number of nitrogens with zero attached hydrogens (tertiary/aromatic N) is 3. The second-order valence-corrected chi connectivity index (χ2v) is 7.07. The minimum Gasteiger partial charge on any atom is -0.497 e. The minimum atomic E-state index is -0.0469. The third-order valence-corrected chi connectivity index (χ3v) is 5.28. The van der Waals surface area contributed by atoms with Gasteiger partial charge in [-0.05, 0) is 56.0 Å². The molecule has 0 radical (unpaired) electrons. The van der Waals surface area contributed by atoms with E-state index in [0.717, 1.165) is 24.3 Å². The van der Waals surface area contributed by atoms with Gasteiger partial charge in [-0.15, -0.1) is 0 Å². The van der Waals surface area contributed by atoms with E-state index >= 15 is 0 Å². The fourth-order valence-corrected chi connectivity index (χ4v) is 3.53. The van der Waals surface area contributed by atoms with Crippen LogP contribution in [0.2, 0.25) is 0 Å². The summed E-state index contributed by atoms with van der Waals surface area (Å²) in [5.74, 6) is 1.29. The van der Waals surface area contributed by atoms with E-state index in [1.807, 2.05) is 11.0 Å². The molecule has 1 aromatic heterocycles. The standard InChI is InChI=1S/C20H23N3O3/c1-26-17-6-4-15(5-7-17)20(25)22-12-10-16(11-13-22)23-19(24)9-8-18(21-23)14-2-3-14/h4-9,14,16H,2-3,10-13H2,1H3. The van der Waals surface area contributed by atoms with Crippen molar-refractivity contribution in [3.05, 3.63) is 58.0 Å². The van der Waals surface area contributed by atoms with Crippen molar-refractivity contribution in [3.8, 4) is 5.75 Å². The zero-order valence-corrected chi connectivity index (χ0v) is 14.9. The number of amides is 1. The lowest BCUT2D eigenvalue weighted by atomic mass is 10.0. The number of rotatable bonds is 4. The van der Waals surface area contributed by atoms with Crippen LogP contribution in [-0.2, 0) is 0 Å². The average molecular weight is 353 g/mol. The van der Waals surface area contributed by atoms with Crippen molar-refractivity contribution in [2.24, 2.45) is 0 Å². The first-order chi connectivity index (χ1) is 12.7. The molecule has 2 aliphatic rings. The molecule has 136 valence electrons. The molecule has 0 spiro atoms. The van der Waals surface area contributed by atoms with Gasteiger partial charge in [0.05, 0.1) is 18.8 Å². The number of hydrogen-bond acceptors (Lipinski definition) is 4. The highest BCUT2D eigenvalue weighted by Gasteiger charge is 2.29. The summed E-state index contributed by atoms with van der Waals surface area (Å²) >= 11 is 0. The third-order valence-electron chi connectivity index (χ3n) is 5.28. The SMILES string of the molecule is COc1ccc(C(=O)N2CCC(n3nc(C4CC4)ccc3=O)CC2)cc1. The minimum absolute atomic E-state index is 0.0261. The Labute approximate surface area is 152 Å². The summed E-state index contributed by atoms with van der Waals surface area (Å²) in [6.45, 7) is 1.27. The molecule has 1 aliphatic heterocycles. The van der Waals surface area contributed by atoms with Crippen molar-refractivity contribution >= 4 is 5.91 Å². The number of hydrogen-bond donors (Lipinski definition) is 0. The first kappa shape index (κ1) is 16.8. The molecule has 6 nitrogen and oxygen atoms in total. The molecule has 6 heteroatoms. The number of benzene rings is 1. The number of aromatic nitrogens is 2. The molecule has 1 aromatic carbocycles. The number of ether oxygens (including phenoxy) is 1. The Bertz CT molecular complexity index is 847. The molecule has 26 heavy (non-hydrogen) atoms. The maximum atomic E-state index is 12.7. The molecule has 1 saturated heterocycles. The summed E-state index contributed by atoms with van der Waals surface area (Å²) in [7, 11) is 1.61. The summed E-state index contributed by atoms with van der Waals surface area (Å²) in [5.41, 5.74) is 1.64. The van der Waals surface area contributed by atoms with Crippen LogP contribution >= 0.6 is 0 Å². The lowest BCUT2D eigenvalue weighted by molar-refractivity contribution is 0.0687. The fraction of sp³-hybridized carbons (Fsp3) is 0.450. The second kappa shape index (κ2) is 6.94. The van der Waals surface area contributed by atoms with E-state index < -0.39 is 0 Å². The van der Waals surface area contributed by atoms with Gasteiger partial charge in [0, 0.05) is 30.6 Å². The monoisotopic (exact) mass is 353 g/mol. The van der Waals surface area contributed by atoms with Gasteiger partial charge in [0.1, 0.15) is 5.75 Å². The summed E-state index contributed by atoms with van der Waals surface area (Å²) in [6.07, 6.45) is 3.84. The van der Waals surface area contributed by atoms with Crippen molar-refractivity contribution in [3.63, 3.8) is 0 Å². The molecule has 2 fully saturated rings. The smallest absolute Gasteiger partial charge is 0.267 e. The van der Waals surface area contributed by atoms with Crippen LogP contribution in [0.4, 0.5) is 0 Å². The van der Waals surface area contributed by atoms with E-state index in [2.05, 4.69) is 5.10 Å². The Morgan fingerprint density at radius 1 is 1.04 bits per heavy atom. The number of carbonyl (C=O) groups excluding carboxylic acids is 1. The van der Waals surface area contributed by atoms with Gasteiger partial charge >= 0.3 is 0 Å². The maximum Gasteiger partial charge on any atom is 0.267 e. The van der Waals surface area contributed by atoms with Crippen molar-refractivity contribution in [1.82, 2.24) is 14.7 Å².